The molecule has 1 aliphatic rings. The normalized spacial score (nSPS) is 19.1. The van der Waals surface area contributed by atoms with E-state index in [1.54, 1.807) is 6.07 Å². The standard InChI is InChI=1S/C16H20N6OS/c1-12-19-22-15(23)9-13(18-16(22)24-12)10-20-7-3-2-5-14(20)11-21-8-4-6-17-21/h4,6,8-9,14H,2-3,5,7,10-11H2,1H3. The van der Waals surface area contributed by atoms with Gasteiger partial charge >= 0.3 is 0 Å². The number of nitrogens with zero attached hydrogens (tertiary/aromatic N) is 6. The van der Waals surface area contributed by atoms with Crippen LogP contribution in [0.2, 0.25) is 0 Å². The molecule has 7 nitrogen and oxygen atoms in total. The van der Waals surface area contributed by atoms with Crippen LogP contribution >= 0.6 is 11.3 Å². The molecule has 1 atom stereocenters. The van der Waals surface area contributed by atoms with Gasteiger partial charge in [-0.3, -0.25) is 14.4 Å². The van der Waals surface area contributed by atoms with Crippen molar-refractivity contribution in [3.63, 3.8) is 0 Å². The number of hydrogen-bond acceptors (Lipinski definition) is 6. The molecule has 0 amide bonds. The first-order valence-electron chi connectivity index (χ1n) is 8.27. The maximum atomic E-state index is 12.2. The highest BCUT2D eigenvalue weighted by atomic mass is 32.1. The SMILES string of the molecule is Cc1nn2c(=O)cc(CN3CCCCC3Cn3cccn3)nc2s1. The number of aryl methyl sites for hydroxylation is 1. The van der Waals surface area contributed by atoms with E-state index in [0.29, 0.717) is 17.5 Å². The van der Waals surface area contributed by atoms with Crippen LogP contribution < -0.4 is 5.56 Å². The number of likely N-dealkylation sites (tertiary alicyclic amines) is 1. The fraction of sp³-hybridized carbons (Fsp3) is 0.500. The summed E-state index contributed by atoms with van der Waals surface area (Å²) in [6.07, 6.45) is 7.40. The zero-order valence-corrected chi connectivity index (χ0v) is 14.4. The van der Waals surface area contributed by atoms with Crippen molar-refractivity contribution in [2.45, 2.75) is 45.3 Å². The van der Waals surface area contributed by atoms with E-state index in [9.17, 15) is 4.79 Å². The number of piperidine rings is 1. The van der Waals surface area contributed by atoms with Crippen LogP contribution in [0.5, 0.6) is 0 Å². The van der Waals surface area contributed by atoms with Crippen molar-refractivity contribution in [2.24, 2.45) is 0 Å². The van der Waals surface area contributed by atoms with Crippen LogP contribution in [0, 0.1) is 6.92 Å². The molecule has 4 heterocycles. The Morgan fingerprint density at radius 2 is 2.29 bits per heavy atom. The third-order valence-corrected chi connectivity index (χ3v) is 5.29. The molecule has 0 aromatic carbocycles. The lowest BCUT2D eigenvalue weighted by molar-refractivity contribution is 0.120. The predicted octanol–water partition coefficient (Wildman–Crippen LogP) is 1.71. The van der Waals surface area contributed by atoms with E-state index < -0.39 is 0 Å². The summed E-state index contributed by atoms with van der Waals surface area (Å²) < 4.78 is 3.38. The fourth-order valence-corrected chi connectivity index (χ4v) is 4.11. The molecule has 0 saturated carbocycles. The second-order valence-electron chi connectivity index (χ2n) is 6.25. The van der Waals surface area contributed by atoms with Crippen LogP contribution in [-0.4, -0.2) is 41.9 Å². The Labute approximate surface area is 143 Å². The van der Waals surface area contributed by atoms with Crippen molar-refractivity contribution in [1.29, 1.82) is 0 Å². The van der Waals surface area contributed by atoms with Gasteiger partial charge in [-0.2, -0.15) is 14.7 Å². The van der Waals surface area contributed by atoms with Crippen LogP contribution in [0.1, 0.15) is 30.0 Å². The van der Waals surface area contributed by atoms with Gasteiger partial charge < -0.3 is 0 Å². The Morgan fingerprint density at radius 1 is 1.38 bits per heavy atom. The van der Waals surface area contributed by atoms with Gasteiger partial charge in [0.2, 0.25) is 4.96 Å². The molecule has 0 N–H and O–H groups in total. The predicted molar refractivity (Wildman–Crippen MR) is 92.1 cm³/mol. The lowest BCUT2D eigenvalue weighted by Crippen LogP contribution is -2.42. The van der Waals surface area contributed by atoms with Crippen molar-refractivity contribution in [2.75, 3.05) is 6.54 Å². The Kier molecular flexibility index (Phi) is 4.15. The number of hydrogen-bond donors (Lipinski definition) is 0. The smallest absolute Gasteiger partial charge is 0.275 e. The van der Waals surface area contributed by atoms with Gasteiger partial charge in [0, 0.05) is 31.0 Å². The highest BCUT2D eigenvalue weighted by Gasteiger charge is 2.24. The Morgan fingerprint density at radius 3 is 3.12 bits per heavy atom. The van der Waals surface area contributed by atoms with Crippen molar-refractivity contribution < 1.29 is 0 Å². The summed E-state index contributed by atoms with van der Waals surface area (Å²) in [6, 6.07) is 4.00. The average molecular weight is 344 g/mol. The minimum Gasteiger partial charge on any atom is -0.293 e. The lowest BCUT2D eigenvalue weighted by Gasteiger charge is -2.35. The molecule has 0 spiro atoms. The first-order chi connectivity index (χ1) is 11.7. The third-order valence-electron chi connectivity index (χ3n) is 4.47. The van der Waals surface area contributed by atoms with E-state index in [4.69, 9.17) is 0 Å². The second-order valence-corrected chi connectivity index (χ2v) is 7.41. The summed E-state index contributed by atoms with van der Waals surface area (Å²) in [7, 11) is 0. The molecule has 1 saturated heterocycles. The first kappa shape index (κ1) is 15.5. The largest absolute Gasteiger partial charge is 0.293 e. The molecule has 0 aliphatic carbocycles. The van der Waals surface area contributed by atoms with Gasteiger partial charge in [0.1, 0.15) is 5.01 Å². The van der Waals surface area contributed by atoms with E-state index in [0.717, 1.165) is 30.2 Å². The Bertz CT molecular complexity index is 884. The molecule has 1 fully saturated rings. The highest BCUT2D eigenvalue weighted by Crippen LogP contribution is 2.20. The first-order valence-corrected chi connectivity index (χ1v) is 9.08. The Balaban J connectivity index is 1.57. The lowest BCUT2D eigenvalue weighted by atomic mass is 10.0. The van der Waals surface area contributed by atoms with E-state index in [2.05, 4.69) is 20.1 Å². The van der Waals surface area contributed by atoms with E-state index in [-0.39, 0.29) is 5.56 Å². The van der Waals surface area contributed by atoms with Gasteiger partial charge in [0.05, 0.1) is 12.2 Å². The topological polar surface area (TPSA) is 68.3 Å². The zero-order chi connectivity index (χ0) is 16.5. The van der Waals surface area contributed by atoms with Gasteiger partial charge in [-0.15, -0.1) is 0 Å². The van der Waals surface area contributed by atoms with Crippen LogP contribution in [-0.2, 0) is 13.1 Å². The summed E-state index contributed by atoms with van der Waals surface area (Å²) in [6.45, 7) is 4.51. The minimum absolute atomic E-state index is 0.0972. The Hall–Kier alpha value is -2.06. The quantitative estimate of drug-likeness (QED) is 0.721. The maximum Gasteiger partial charge on any atom is 0.275 e. The summed E-state index contributed by atoms with van der Waals surface area (Å²) >= 11 is 1.46. The molecule has 0 radical (unpaired) electrons. The summed E-state index contributed by atoms with van der Waals surface area (Å²) in [5, 5.41) is 9.38. The van der Waals surface area contributed by atoms with Crippen molar-refractivity contribution >= 4 is 16.3 Å². The van der Waals surface area contributed by atoms with Gasteiger partial charge in [-0.1, -0.05) is 17.8 Å². The van der Waals surface area contributed by atoms with Crippen LogP contribution in [0.25, 0.3) is 4.96 Å². The number of rotatable bonds is 4. The van der Waals surface area contributed by atoms with E-state index >= 15 is 0 Å². The van der Waals surface area contributed by atoms with Crippen LogP contribution in [0.3, 0.4) is 0 Å². The highest BCUT2D eigenvalue weighted by molar-refractivity contribution is 7.16. The fourth-order valence-electron chi connectivity index (χ4n) is 3.34. The third kappa shape index (κ3) is 3.11. The molecule has 4 rings (SSSR count). The van der Waals surface area contributed by atoms with Crippen molar-refractivity contribution in [1.82, 2.24) is 29.3 Å². The van der Waals surface area contributed by atoms with E-state index in [1.807, 2.05) is 30.1 Å². The monoisotopic (exact) mass is 344 g/mol. The molecular formula is C16H20N6OS. The number of aromatic nitrogens is 5. The van der Waals surface area contributed by atoms with Crippen LogP contribution in [0.4, 0.5) is 0 Å². The zero-order valence-electron chi connectivity index (χ0n) is 13.6. The molecule has 3 aromatic heterocycles. The molecule has 8 heteroatoms. The molecule has 24 heavy (non-hydrogen) atoms. The van der Waals surface area contributed by atoms with Crippen molar-refractivity contribution in [3.05, 3.63) is 45.6 Å². The van der Waals surface area contributed by atoms with Crippen molar-refractivity contribution in [3.8, 4) is 0 Å². The summed E-state index contributed by atoms with van der Waals surface area (Å²) in [5.41, 5.74) is 0.732. The molecule has 1 unspecified atom stereocenters. The molecule has 1 aliphatic heterocycles. The van der Waals surface area contributed by atoms with Gasteiger partial charge in [0.25, 0.3) is 5.56 Å². The van der Waals surface area contributed by atoms with Gasteiger partial charge in [0.15, 0.2) is 0 Å². The number of fused-ring (bicyclic) bond motifs is 1. The summed E-state index contributed by atoms with van der Waals surface area (Å²) in [5.74, 6) is 0. The van der Waals surface area contributed by atoms with Gasteiger partial charge in [-0.25, -0.2) is 4.98 Å². The molecule has 126 valence electrons. The molecule has 3 aromatic rings. The second kappa shape index (κ2) is 6.45. The summed E-state index contributed by atoms with van der Waals surface area (Å²) in [4.78, 5) is 20.0. The molecule has 0 bridgehead atoms. The maximum absolute atomic E-state index is 12.2. The molecular weight excluding hydrogens is 324 g/mol. The minimum atomic E-state index is -0.0972. The van der Waals surface area contributed by atoms with Gasteiger partial charge in [-0.05, 0) is 32.4 Å². The average Bonchev–Trinajstić information content (AvgIpc) is 3.18. The van der Waals surface area contributed by atoms with Crippen LogP contribution in [0.15, 0.2) is 29.3 Å². The van der Waals surface area contributed by atoms with E-state index in [1.165, 1.54) is 28.7 Å².